The molecule has 0 heterocycles. The van der Waals surface area contributed by atoms with Gasteiger partial charge in [0.25, 0.3) is 0 Å². The Morgan fingerprint density at radius 3 is 2.69 bits per heavy atom. The Morgan fingerprint density at radius 2 is 2.15 bits per heavy atom. The van der Waals surface area contributed by atoms with Crippen LogP contribution in [-0.2, 0) is 4.74 Å². The van der Waals surface area contributed by atoms with E-state index in [2.05, 4.69) is 22.8 Å². The van der Waals surface area contributed by atoms with Gasteiger partial charge < -0.3 is 4.74 Å². The van der Waals surface area contributed by atoms with Crippen molar-refractivity contribution in [1.82, 2.24) is 4.90 Å². The summed E-state index contributed by atoms with van der Waals surface area (Å²) in [6.07, 6.45) is 0.551. The molecule has 0 aliphatic rings. The molecule has 0 unspecified atom stereocenters. The molecule has 0 amide bonds. The first-order valence-electron chi connectivity index (χ1n) is 4.33. The van der Waals surface area contributed by atoms with Gasteiger partial charge in [0.05, 0.1) is 19.2 Å². The number of hydrogen-bond acceptors (Lipinski definition) is 3. The van der Waals surface area contributed by atoms with Gasteiger partial charge in [0, 0.05) is 26.6 Å². The third-order valence-corrected chi connectivity index (χ3v) is 1.63. The zero-order valence-electron chi connectivity index (χ0n) is 8.34. The number of nitrogens with zero attached hydrogens (tertiary/aromatic N) is 2. The second-order valence-electron chi connectivity index (χ2n) is 2.60. The Balaban J connectivity index is 3.71. The third kappa shape index (κ3) is 7.33. The van der Waals surface area contributed by atoms with Crippen LogP contribution in [0.4, 0.5) is 0 Å². The molecule has 0 radical (unpaired) electrons. The predicted octanol–water partition coefficient (Wildman–Crippen LogP) is 0.872. The fraction of sp³-hybridized carbons (Fsp3) is 0.700. The molecule has 0 aromatic rings. The van der Waals surface area contributed by atoms with Gasteiger partial charge in [0.2, 0.25) is 0 Å². The highest BCUT2D eigenvalue weighted by atomic mass is 16.5. The van der Waals surface area contributed by atoms with Crippen molar-refractivity contribution in [3.63, 3.8) is 0 Å². The standard InChI is InChI=1S/C10H16N2O/c1-3-4-7-12(8-5-6-11)9-10-13-2/h5,7-10H2,1-2H3. The largest absolute Gasteiger partial charge is 0.383 e. The van der Waals surface area contributed by atoms with Gasteiger partial charge in [-0.05, 0) is 6.92 Å². The summed E-state index contributed by atoms with van der Waals surface area (Å²) in [7, 11) is 1.67. The quantitative estimate of drug-likeness (QED) is 0.569. The Morgan fingerprint density at radius 1 is 1.38 bits per heavy atom. The summed E-state index contributed by atoms with van der Waals surface area (Å²) in [5, 5.41) is 8.42. The number of ether oxygens (including phenoxy) is 1. The molecule has 0 fully saturated rings. The van der Waals surface area contributed by atoms with Crippen molar-refractivity contribution in [2.45, 2.75) is 13.3 Å². The molecule has 0 atom stereocenters. The van der Waals surface area contributed by atoms with Crippen LogP contribution in [0.25, 0.3) is 0 Å². The van der Waals surface area contributed by atoms with Crippen LogP contribution in [0.1, 0.15) is 13.3 Å². The zero-order chi connectivity index (χ0) is 9.94. The van der Waals surface area contributed by atoms with E-state index >= 15 is 0 Å². The predicted molar refractivity (Wildman–Crippen MR) is 52.0 cm³/mol. The molecule has 0 aromatic heterocycles. The van der Waals surface area contributed by atoms with Gasteiger partial charge in [-0.1, -0.05) is 5.92 Å². The number of nitriles is 1. The molecular formula is C10H16N2O. The fourth-order valence-electron chi connectivity index (χ4n) is 0.889. The zero-order valence-corrected chi connectivity index (χ0v) is 8.34. The maximum atomic E-state index is 8.42. The highest BCUT2D eigenvalue weighted by Gasteiger charge is 2.01. The van der Waals surface area contributed by atoms with Crippen LogP contribution in [0.15, 0.2) is 0 Å². The summed E-state index contributed by atoms with van der Waals surface area (Å²) >= 11 is 0. The molecule has 0 aliphatic heterocycles. The van der Waals surface area contributed by atoms with E-state index in [0.717, 1.165) is 19.6 Å². The van der Waals surface area contributed by atoms with Crippen molar-refractivity contribution in [1.29, 1.82) is 5.26 Å². The molecule has 3 nitrogen and oxygen atoms in total. The summed E-state index contributed by atoms with van der Waals surface area (Å²) < 4.78 is 4.96. The number of hydrogen-bond donors (Lipinski definition) is 0. The van der Waals surface area contributed by atoms with E-state index in [1.165, 1.54) is 0 Å². The van der Waals surface area contributed by atoms with Crippen molar-refractivity contribution in [3.8, 4) is 17.9 Å². The van der Waals surface area contributed by atoms with Crippen molar-refractivity contribution in [3.05, 3.63) is 0 Å². The van der Waals surface area contributed by atoms with Crippen LogP contribution in [-0.4, -0.2) is 38.3 Å². The Hall–Kier alpha value is -1.03. The molecule has 0 N–H and O–H groups in total. The van der Waals surface area contributed by atoms with Crippen LogP contribution in [0, 0.1) is 23.2 Å². The second kappa shape index (κ2) is 9.06. The first-order valence-corrected chi connectivity index (χ1v) is 4.33. The lowest BCUT2D eigenvalue weighted by atomic mass is 10.4. The average molecular weight is 180 g/mol. The van der Waals surface area contributed by atoms with Crippen LogP contribution in [0.2, 0.25) is 0 Å². The topological polar surface area (TPSA) is 36.3 Å². The average Bonchev–Trinajstić information content (AvgIpc) is 2.17. The summed E-state index contributed by atoms with van der Waals surface area (Å²) in [6, 6.07) is 2.12. The molecule has 0 saturated heterocycles. The van der Waals surface area contributed by atoms with Gasteiger partial charge in [0.15, 0.2) is 0 Å². The lowest BCUT2D eigenvalue weighted by molar-refractivity contribution is 0.156. The molecule has 0 bridgehead atoms. The molecule has 3 heteroatoms. The minimum Gasteiger partial charge on any atom is -0.383 e. The van der Waals surface area contributed by atoms with E-state index in [1.54, 1.807) is 7.11 Å². The maximum Gasteiger partial charge on any atom is 0.0635 e. The first kappa shape index (κ1) is 12.0. The maximum absolute atomic E-state index is 8.42. The normalized spacial score (nSPS) is 9.08. The highest BCUT2D eigenvalue weighted by molar-refractivity contribution is 4.98. The van der Waals surface area contributed by atoms with Crippen molar-refractivity contribution in [2.24, 2.45) is 0 Å². The van der Waals surface area contributed by atoms with E-state index in [-0.39, 0.29) is 0 Å². The molecule has 13 heavy (non-hydrogen) atoms. The third-order valence-electron chi connectivity index (χ3n) is 1.63. The minimum atomic E-state index is 0.551. The highest BCUT2D eigenvalue weighted by Crippen LogP contribution is 1.90. The van der Waals surface area contributed by atoms with E-state index < -0.39 is 0 Å². The van der Waals surface area contributed by atoms with E-state index in [4.69, 9.17) is 10.00 Å². The minimum absolute atomic E-state index is 0.551. The monoisotopic (exact) mass is 180 g/mol. The fourth-order valence-corrected chi connectivity index (χ4v) is 0.889. The first-order chi connectivity index (χ1) is 6.35. The van der Waals surface area contributed by atoms with Crippen molar-refractivity contribution in [2.75, 3.05) is 33.4 Å². The number of methoxy groups -OCH3 is 1. The van der Waals surface area contributed by atoms with Gasteiger partial charge in [0.1, 0.15) is 0 Å². The molecule has 0 spiro atoms. The molecule has 0 rings (SSSR count). The lowest BCUT2D eigenvalue weighted by Gasteiger charge is -2.17. The summed E-state index contributed by atoms with van der Waals surface area (Å²) in [6.45, 7) is 4.85. The van der Waals surface area contributed by atoms with Crippen LogP contribution in [0.5, 0.6) is 0 Å². The van der Waals surface area contributed by atoms with Crippen LogP contribution >= 0.6 is 0 Å². The van der Waals surface area contributed by atoms with Gasteiger partial charge in [-0.25, -0.2) is 0 Å². The Labute approximate surface area is 80.3 Å². The molecule has 0 aromatic carbocycles. The summed E-state index contributed by atoms with van der Waals surface area (Å²) in [5.41, 5.74) is 0. The summed E-state index contributed by atoms with van der Waals surface area (Å²) in [5.74, 6) is 5.81. The molecular weight excluding hydrogens is 164 g/mol. The molecule has 72 valence electrons. The van der Waals surface area contributed by atoms with Gasteiger partial charge in [-0.2, -0.15) is 5.26 Å². The van der Waals surface area contributed by atoms with E-state index in [1.807, 2.05) is 6.92 Å². The Kier molecular flexibility index (Phi) is 8.34. The van der Waals surface area contributed by atoms with E-state index in [9.17, 15) is 0 Å². The van der Waals surface area contributed by atoms with Crippen molar-refractivity contribution >= 4 is 0 Å². The van der Waals surface area contributed by atoms with Crippen LogP contribution in [0.3, 0.4) is 0 Å². The smallest absolute Gasteiger partial charge is 0.0635 e. The molecule has 0 aliphatic carbocycles. The van der Waals surface area contributed by atoms with Gasteiger partial charge >= 0.3 is 0 Å². The van der Waals surface area contributed by atoms with Gasteiger partial charge in [-0.15, -0.1) is 5.92 Å². The van der Waals surface area contributed by atoms with Crippen molar-refractivity contribution < 1.29 is 4.74 Å². The van der Waals surface area contributed by atoms with E-state index in [0.29, 0.717) is 13.0 Å². The van der Waals surface area contributed by atoms with Crippen LogP contribution < -0.4 is 0 Å². The Bertz CT molecular complexity index is 209. The lowest BCUT2D eigenvalue weighted by Crippen LogP contribution is -2.28. The number of rotatable bonds is 6. The second-order valence-corrected chi connectivity index (χ2v) is 2.60. The molecule has 0 saturated carbocycles. The summed E-state index contributed by atoms with van der Waals surface area (Å²) in [4.78, 5) is 2.11. The SMILES string of the molecule is CC#CCN(CCC#N)CCOC. The van der Waals surface area contributed by atoms with Gasteiger partial charge in [-0.3, -0.25) is 4.90 Å².